The molecule has 0 bridgehead atoms. The zero-order chi connectivity index (χ0) is 11.4. The van der Waals surface area contributed by atoms with E-state index in [1.54, 1.807) is 0 Å². The quantitative estimate of drug-likeness (QED) is 0.790. The second-order valence-electron chi connectivity index (χ2n) is 5.84. The first-order valence-electron chi connectivity index (χ1n) is 7.18. The van der Waals surface area contributed by atoms with Crippen LogP contribution in [0.2, 0.25) is 0 Å². The third-order valence-electron chi connectivity index (χ3n) is 4.69. The molecule has 2 atom stereocenters. The van der Waals surface area contributed by atoms with Gasteiger partial charge in [-0.2, -0.15) is 0 Å². The first-order valence-corrected chi connectivity index (χ1v) is 7.18. The fourth-order valence-corrected chi connectivity index (χ4v) is 3.71. The Balaban J connectivity index is 1.83. The number of hydrogen-bond donors (Lipinski definition) is 1. The maximum Gasteiger partial charge on any atom is 0.0246 e. The van der Waals surface area contributed by atoms with E-state index >= 15 is 0 Å². The van der Waals surface area contributed by atoms with Gasteiger partial charge in [-0.25, -0.2) is 0 Å². The molecule has 2 fully saturated rings. The van der Waals surface area contributed by atoms with E-state index in [0.717, 1.165) is 18.0 Å². The van der Waals surface area contributed by atoms with Gasteiger partial charge in [0, 0.05) is 18.6 Å². The van der Waals surface area contributed by atoms with Crippen LogP contribution in [0, 0.1) is 5.92 Å². The van der Waals surface area contributed by atoms with E-state index in [4.69, 9.17) is 0 Å². The molecule has 16 heavy (non-hydrogen) atoms. The zero-order valence-corrected chi connectivity index (χ0v) is 11.0. The summed E-state index contributed by atoms with van der Waals surface area (Å²) >= 11 is 0. The molecule has 94 valence electrons. The van der Waals surface area contributed by atoms with E-state index in [9.17, 15) is 0 Å². The molecule has 2 unspecified atom stereocenters. The molecular formula is C14H28N2. The van der Waals surface area contributed by atoms with Gasteiger partial charge in [-0.05, 0) is 45.7 Å². The van der Waals surface area contributed by atoms with E-state index in [0.29, 0.717) is 0 Å². The number of likely N-dealkylation sites (N-methyl/N-ethyl adjacent to an activating group) is 2. The van der Waals surface area contributed by atoms with Gasteiger partial charge in [-0.3, -0.25) is 0 Å². The molecule has 2 aliphatic carbocycles. The van der Waals surface area contributed by atoms with E-state index in [1.165, 1.54) is 57.9 Å². The molecule has 0 aliphatic heterocycles. The Kier molecular flexibility index (Phi) is 4.66. The SMILES string of the molecule is CNC1CCCCC1N(C)CC1CCCC1. The molecule has 1 N–H and O–H groups in total. The summed E-state index contributed by atoms with van der Waals surface area (Å²) in [6.07, 6.45) is 11.5. The van der Waals surface area contributed by atoms with Crippen molar-refractivity contribution in [3.8, 4) is 0 Å². The number of nitrogens with zero attached hydrogens (tertiary/aromatic N) is 1. The van der Waals surface area contributed by atoms with E-state index in [-0.39, 0.29) is 0 Å². The second kappa shape index (κ2) is 6.02. The maximum atomic E-state index is 3.52. The van der Waals surface area contributed by atoms with Crippen LogP contribution >= 0.6 is 0 Å². The van der Waals surface area contributed by atoms with Crippen LogP contribution in [0.25, 0.3) is 0 Å². The Morgan fingerprint density at radius 3 is 2.31 bits per heavy atom. The third kappa shape index (κ3) is 2.98. The largest absolute Gasteiger partial charge is 0.315 e. The van der Waals surface area contributed by atoms with Crippen molar-refractivity contribution in [1.29, 1.82) is 0 Å². The lowest BCUT2D eigenvalue weighted by atomic mass is 9.89. The van der Waals surface area contributed by atoms with Gasteiger partial charge in [0.1, 0.15) is 0 Å². The number of rotatable bonds is 4. The van der Waals surface area contributed by atoms with Crippen molar-refractivity contribution >= 4 is 0 Å². The fraction of sp³-hybridized carbons (Fsp3) is 1.00. The van der Waals surface area contributed by atoms with Crippen LogP contribution in [0.3, 0.4) is 0 Å². The molecule has 2 saturated carbocycles. The van der Waals surface area contributed by atoms with E-state index < -0.39 is 0 Å². The van der Waals surface area contributed by atoms with Gasteiger partial charge in [-0.15, -0.1) is 0 Å². The molecule has 0 aromatic carbocycles. The molecule has 0 radical (unpaired) electrons. The van der Waals surface area contributed by atoms with Gasteiger partial charge in [0.15, 0.2) is 0 Å². The average molecular weight is 224 g/mol. The van der Waals surface area contributed by atoms with Crippen LogP contribution < -0.4 is 5.32 Å². The molecule has 2 nitrogen and oxygen atoms in total. The van der Waals surface area contributed by atoms with Crippen LogP contribution in [0.15, 0.2) is 0 Å². The van der Waals surface area contributed by atoms with Crippen LogP contribution in [0.4, 0.5) is 0 Å². The smallest absolute Gasteiger partial charge is 0.0246 e. The summed E-state index contributed by atoms with van der Waals surface area (Å²) in [5, 5.41) is 3.52. The molecule has 0 amide bonds. The summed E-state index contributed by atoms with van der Waals surface area (Å²) in [4.78, 5) is 2.65. The first kappa shape index (κ1) is 12.4. The van der Waals surface area contributed by atoms with Crippen molar-refractivity contribution < 1.29 is 0 Å². The lowest BCUT2D eigenvalue weighted by Crippen LogP contribution is -2.50. The predicted molar refractivity (Wildman–Crippen MR) is 69.7 cm³/mol. The van der Waals surface area contributed by atoms with Gasteiger partial charge >= 0.3 is 0 Å². The minimum atomic E-state index is 0.736. The van der Waals surface area contributed by atoms with Crippen molar-refractivity contribution in [3.63, 3.8) is 0 Å². The standard InChI is InChI=1S/C14H28N2/c1-15-13-9-5-6-10-14(13)16(2)11-12-7-3-4-8-12/h12-15H,3-11H2,1-2H3. The normalized spacial score (nSPS) is 32.4. The summed E-state index contributed by atoms with van der Waals surface area (Å²) in [5.41, 5.74) is 0. The Hall–Kier alpha value is -0.0800. The van der Waals surface area contributed by atoms with E-state index in [1.807, 2.05) is 0 Å². The van der Waals surface area contributed by atoms with Crippen molar-refractivity contribution in [1.82, 2.24) is 10.2 Å². The van der Waals surface area contributed by atoms with Crippen LogP contribution in [-0.2, 0) is 0 Å². The highest BCUT2D eigenvalue weighted by molar-refractivity contribution is 4.87. The summed E-state index contributed by atoms with van der Waals surface area (Å²) in [6, 6.07) is 1.53. The van der Waals surface area contributed by atoms with Crippen LogP contribution in [0.1, 0.15) is 51.4 Å². The van der Waals surface area contributed by atoms with Crippen molar-refractivity contribution in [2.45, 2.75) is 63.5 Å². The molecule has 2 rings (SSSR count). The molecular weight excluding hydrogens is 196 g/mol. The number of hydrogen-bond acceptors (Lipinski definition) is 2. The van der Waals surface area contributed by atoms with Crippen molar-refractivity contribution in [2.75, 3.05) is 20.6 Å². The third-order valence-corrected chi connectivity index (χ3v) is 4.69. The highest BCUT2D eigenvalue weighted by Gasteiger charge is 2.28. The fourth-order valence-electron chi connectivity index (χ4n) is 3.71. The minimum absolute atomic E-state index is 0.736. The lowest BCUT2D eigenvalue weighted by molar-refractivity contribution is 0.135. The molecule has 0 aromatic heterocycles. The lowest BCUT2D eigenvalue weighted by Gasteiger charge is -2.39. The van der Waals surface area contributed by atoms with Crippen molar-refractivity contribution in [3.05, 3.63) is 0 Å². The highest BCUT2D eigenvalue weighted by Crippen LogP contribution is 2.28. The average Bonchev–Trinajstić information content (AvgIpc) is 2.81. The Morgan fingerprint density at radius 2 is 1.62 bits per heavy atom. The zero-order valence-electron chi connectivity index (χ0n) is 11.0. The maximum absolute atomic E-state index is 3.52. The Labute approximate surface area is 101 Å². The molecule has 2 heteroatoms. The Bertz CT molecular complexity index is 199. The van der Waals surface area contributed by atoms with E-state index in [2.05, 4.69) is 24.3 Å². The molecule has 2 aliphatic rings. The summed E-state index contributed by atoms with van der Waals surface area (Å²) in [7, 11) is 4.48. The summed E-state index contributed by atoms with van der Waals surface area (Å²) in [5.74, 6) is 0.990. The van der Waals surface area contributed by atoms with Gasteiger partial charge in [0.2, 0.25) is 0 Å². The topological polar surface area (TPSA) is 15.3 Å². The first-order chi connectivity index (χ1) is 7.81. The molecule has 0 aromatic rings. The number of nitrogens with one attached hydrogen (secondary N) is 1. The van der Waals surface area contributed by atoms with Gasteiger partial charge in [0.25, 0.3) is 0 Å². The molecule has 0 saturated heterocycles. The Morgan fingerprint density at radius 1 is 1.00 bits per heavy atom. The van der Waals surface area contributed by atoms with Crippen LogP contribution in [-0.4, -0.2) is 37.6 Å². The molecule has 0 heterocycles. The minimum Gasteiger partial charge on any atom is -0.315 e. The second-order valence-corrected chi connectivity index (χ2v) is 5.84. The van der Waals surface area contributed by atoms with Crippen molar-refractivity contribution in [2.24, 2.45) is 5.92 Å². The van der Waals surface area contributed by atoms with Crippen LogP contribution in [0.5, 0.6) is 0 Å². The van der Waals surface area contributed by atoms with Gasteiger partial charge < -0.3 is 10.2 Å². The summed E-state index contributed by atoms with van der Waals surface area (Å²) in [6.45, 7) is 1.34. The van der Waals surface area contributed by atoms with Gasteiger partial charge in [0.05, 0.1) is 0 Å². The predicted octanol–water partition coefficient (Wildman–Crippen LogP) is 2.64. The molecule has 0 spiro atoms. The van der Waals surface area contributed by atoms with Gasteiger partial charge in [-0.1, -0.05) is 25.7 Å². The monoisotopic (exact) mass is 224 g/mol. The summed E-state index contributed by atoms with van der Waals surface area (Å²) < 4.78 is 0. The highest BCUT2D eigenvalue weighted by atomic mass is 15.2.